The van der Waals surface area contributed by atoms with Crippen LogP contribution in [0.4, 0.5) is 5.69 Å². The number of anilines is 1. The lowest BCUT2D eigenvalue weighted by Crippen LogP contribution is -2.34. The highest BCUT2D eigenvalue weighted by Crippen LogP contribution is 2.34. The highest BCUT2D eigenvalue weighted by molar-refractivity contribution is 7.06. The second kappa shape index (κ2) is 8.57. The fourth-order valence-corrected chi connectivity index (χ4v) is 4.20. The first kappa shape index (κ1) is 20.6. The van der Waals surface area contributed by atoms with Crippen LogP contribution in [-0.4, -0.2) is 30.4 Å². The molecule has 0 aliphatic heterocycles. The van der Waals surface area contributed by atoms with Gasteiger partial charge in [0.25, 0.3) is 5.91 Å². The predicted octanol–water partition coefficient (Wildman–Crippen LogP) is 4.87. The van der Waals surface area contributed by atoms with Gasteiger partial charge in [-0.25, -0.2) is 0 Å². The molecule has 0 radical (unpaired) electrons. The SMILES string of the molecule is COc1ccccc1-c1nsc(C)c1C(=O)N=C(N)N(C)c1cccc2ccccc12. The molecule has 1 amide bonds. The zero-order valence-electron chi connectivity index (χ0n) is 17.5. The van der Waals surface area contributed by atoms with Crippen LogP contribution in [0.3, 0.4) is 0 Å². The molecule has 1 aromatic heterocycles. The number of hydrogen-bond donors (Lipinski definition) is 1. The van der Waals surface area contributed by atoms with E-state index in [1.807, 2.05) is 73.7 Å². The van der Waals surface area contributed by atoms with Gasteiger partial charge < -0.3 is 15.4 Å². The summed E-state index contributed by atoms with van der Waals surface area (Å²) in [5, 5.41) is 2.11. The van der Waals surface area contributed by atoms with Crippen LogP contribution in [-0.2, 0) is 0 Å². The number of hydrogen-bond acceptors (Lipinski definition) is 4. The maximum absolute atomic E-state index is 13.2. The zero-order valence-corrected chi connectivity index (χ0v) is 18.3. The molecule has 0 saturated carbocycles. The third-order valence-electron chi connectivity index (χ3n) is 5.13. The van der Waals surface area contributed by atoms with E-state index in [0.717, 1.165) is 26.9 Å². The number of rotatable bonds is 4. The van der Waals surface area contributed by atoms with E-state index in [9.17, 15) is 4.79 Å². The van der Waals surface area contributed by atoms with Gasteiger partial charge in [0.15, 0.2) is 0 Å². The van der Waals surface area contributed by atoms with Crippen molar-refractivity contribution >= 4 is 39.9 Å². The summed E-state index contributed by atoms with van der Waals surface area (Å²) in [6.07, 6.45) is 0. The molecule has 1 heterocycles. The van der Waals surface area contributed by atoms with Crippen LogP contribution in [0.25, 0.3) is 22.0 Å². The zero-order chi connectivity index (χ0) is 22.0. The molecule has 0 aliphatic rings. The number of para-hydroxylation sites is 1. The smallest absolute Gasteiger partial charge is 0.283 e. The molecule has 0 unspecified atom stereocenters. The molecule has 3 aromatic carbocycles. The van der Waals surface area contributed by atoms with Crippen molar-refractivity contribution in [3.63, 3.8) is 0 Å². The summed E-state index contributed by atoms with van der Waals surface area (Å²) in [6, 6.07) is 21.4. The molecule has 4 aromatic rings. The van der Waals surface area contributed by atoms with Crippen molar-refractivity contribution in [2.75, 3.05) is 19.1 Å². The normalized spacial score (nSPS) is 11.5. The molecule has 0 bridgehead atoms. The van der Waals surface area contributed by atoms with E-state index in [4.69, 9.17) is 10.5 Å². The first-order valence-electron chi connectivity index (χ1n) is 9.71. The second-order valence-corrected chi connectivity index (χ2v) is 7.97. The van der Waals surface area contributed by atoms with Crippen molar-refractivity contribution in [3.05, 3.63) is 77.2 Å². The Labute approximate surface area is 184 Å². The number of nitrogens with zero attached hydrogens (tertiary/aromatic N) is 3. The quantitative estimate of drug-likeness (QED) is 0.369. The topological polar surface area (TPSA) is 80.8 Å². The number of guanidine groups is 1. The van der Waals surface area contributed by atoms with Crippen LogP contribution in [0, 0.1) is 6.92 Å². The van der Waals surface area contributed by atoms with E-state index in [-0.39, 0.29) is 5.96 Å². The molecular formula is C24H22N4O2S. The highest BCUT2D eigenvalue weighted by Gasteiger charge is 2.22. The summed E-state index contributed by atoms with van der Waals surface area (Å²) >= 11 is 1.26. The molecule has 0 fully saturated rings. The van der Waals surface area contributed by atoms with E-state index >= 15 is 0 Å². The fraction of sp³-hybridized carbons (Fsp3) is 0.125. The fourth-order valence-electron chi connectivity index (χ4n) is 3.51. The van der Waals surface area contributed by atoms with Crippen LogP contribution >= 0.6 is 11.5 Å². The summed E-state index contributed by atoms with van der Waals surface area (Å²) in [4.78, 5) is 19.9. The number of carbonyl (C=O) groups excluding carboxylic acids is 1. The maximum Gasteiger partial charge on any atom is 0.283 e. The molecular weight excluding hydrogens is 408 g/mol. The Morgan fingerprint density at radius 2 is 1.77 bits per heavy atom. The lowest BCUT2D eigenvalue weighted by atomic mass is 10.1. The summed E-state index contributed by atoms with van der Waals surface area (Å²) in [7, 11) is 3.39. The molecule has 7 heteroatoms. The number of ether oxygens (including phenoxy) is 1. The van der Waals surface area contributed by atoms with Gasteiger partial charge in [0.05, 0.1) is 18.4 Å². The van der Waals surface area contributed by atoms with Crippen molar-refractivity contribution in [2.24, 2.45) is 10.7 Å². The van der Waals surface area contributed by atoms with E-state index in [1.54, 1.807) is 19.1 Å². The molecule has 0 spiro atoms. The standard InChI is InChI=1S/C24H22N4O2S/c1-15-21(22(27-31-15)18-12-6-7-14-20(18)30-3)23(29)26-24(25)28(2)19-13-8-10-16-9-4-5-11-17(16)19/h4-14H,1-3H3,(H2,25,26,29). The van der Waals surface area contributed by atoms with Crippen LogP contribution in [0.2, 0.25) is 0 Å². The molecule has 4 rings (SSSR count). The largest absolute Gasteiger partial charge is 0.496 e. The van der Waals surface area contributed by atoms with Gasteiger partial charge in [-0.3, -0.25) is 4.79 Å². The minimum Gasteiger partial charge on any atom is -0.496 e. The Morgan fingerprint density at radius 1 is 1.06 bits per heavy atom. The Morgan fingerprint density at radius 3 is 2.58 bits per heavy atom. The van der Waals surface area contributed by atoms with E-state index in [2.05, 4.69) is 9.37 Å². The van der Waals surface area contributed by atoms with Gasteiger partial charge in [0.1, 0.15) is 11.4 Å². The second-order valence-electron chi connectivity index (χ2n) is 7.00. The Hall–Kier alpha value is -3.71. The third-order valence-corrected chi connectivity index (χ3v) is 5.88. The monoisotopic (exact) mass is 430 g/mol. The lowest BCUT2D eigenvalue weighted by Gasteiger charge is -2.20. The maximum atomic E-state index is 13.2. The van der Waals surface area contributed by atoms with E-state index < -0.39 is 5.91 Å². The van der Waals surface area contributed by atoms with Crippen molar-refractivity contribution in [3.8, 4) is 17.0 Å². The van der Waals surface area contributed by atoms with Gasteiger partial charge in [-0.1, -0.05) is 48.5 Å². The van der Waals surface area contributed by atoms with Gasteiger partial charge in [-0.15, -0.1) is 0 Å². The molecule has 0 atom stereocenters. The van der Waals surface area contributed by atoms with Gasteiger partial charge in [0, 0.05) is 22.9 Å². The summed E-state index contributed by atoms with van der Waals surface area (Å²) < 4.78 is 9.93. The van der Waals surface area contributed by atoms with Gasteiger partial charge in [0.2, 0.25) is 5.96 Å². The van der Waals surface area contributed by atoms with Crippen LogP contribution in [0.15, 0.2) is 71.7 Å². The molecule has 2 N–H and O–H groups in total. The molecule has 6 nitrogen and oxygen atoms in total. The van der Waals surface area contributed by atoms with Crippen molar-refractivity contribution < 1.29 is 9.53 Å². The number of aryl methyl sites for hydroxylation is 1. The number of amides is 1. The number of fused-ring (bicyclic) bond motifs is 1. The number of aliphatic imine (C=N–C) groups is 1. The number of methoxy groups -OCH3 is 1. The summed E-state index contributed by atoms with van der Waals surface area (Å²) in [6.45, 7) is 1.85. The summed E-state index contributed by atoms with van der Waals surface area (Å²) in [5.41, 5.74) is 8.86. The average Bonchev–Trinajstić information content (AvgIpc) is 3.19. The van der Waals surface area contributed by atoms with Crippen LogP contribution in [0.1, 0.15) is 15.2 Å². The van der Waals surface area contributed by atoms with Crippen molar-refractivity contribution in [1.82, 2.24) is 4.37 Å². The molecule has 156 valence electrons. The minimum absolute atomic E-state index is 0.109. The molecule has 0 saturated heterocycles. The minimum atomic E-state index is -0.434. The Kier molecular flexibility index (Phi) is 5.68. The first-order chi connectivity index (χ1) is 15.0. The van der Waals surface area contributed by atoms with Crippen LogP contribution in [0.5, 0.6) is 5.75 Å². The number of benzene rings is 3. The molecule has 0 aliphatic carbocycles. The van der Waals surface area contributed by atoms with Gasteiger partial charge >= 0.3 is 0 Å². The van der Waals surface area contributed by atoms with Crippen molar-refractivity contribution in [1.29, 1.82) is 0 Å². The van der Waals surface area contributed by atoms with Gasteiger partial charge in [-0.2, -0.15) is 9.37 Å². The first-order valence-corrected chi connectivity index (χ1v) is 10.5. The average molecular weight is 431 g/mol. The number of nitrogens with two attached hydrogens (primary N) is 1. The number of carbonyl (C=O) groups is 1. The number of aromatic nitrogens is 1. The third kappa shape index (κ3) is 3.87. The molecule has 31 heavy (non-hydrogen) atoms. The Balaban J connectivity index is 1.72. The lowest BCUT2D eigenvalue weighted by molar-refractivity contribution is 0.100. The van der Waals surface area contributed by atoms with Crippen molar-refractivity contribution in [2.45, 2.75) is 6.92 Å². The highest BCUT2D eigenvalue weighted by atomic mass is 32.1. The van der Waals surface area contributed by atoms with Crippen LogP contribution < -0.4 is 15.4 Å². The van der Waals surface area contributed by atoms with E-state index in [1.165, 1.54) is 11.5 Å². The van der Waals surface area contributed by atoms with Gasteiger partial charge in [-0.05, 0) is 42.0 Å². The summed E-state index contributed by atoms with van der Waals surface area (Å²) in [5.74, 6) is 0.321. The van der Waals surface area contributed by atoms with E-state index in [0.29, 0.717) is 17.0 Å². The predicted molar refractivity (Wildman–Crippen MR) is 127 cm³/mol. The Bertz CT molecular complexity index is 1290.